The second-order valence-electron chi connectivity index (χ2n) is 8.37. The van der Waals surface area contributed by atoms with Gasteiger partial charge in [0, 0.05) is 71.9 Å². The Labute approximate surface area is 187 Å². The topological polar surface area (TPSA) is 63.1 Å². The standard InChI is InChI=1S/C23H38N8/c1-9-19(29(5)6)12-10-11-13-20-24-21(30(7)15-14-28(3)4)17-22(25-20)31(8)23-16-18(2)26-27-23/h9-12,17-18,26H,1,13-16H2,2-8H3/b11-10-,19-12+. The van der Waals surface area contributed by atoms with Crippen molar-refractivity contribution < 1.29 is 0 Å². The molecule has 31 heavy (non-hydrogen) atoms. The van der Waals surface area contributed by atoms with Crippen LogP contribution in [0.4, 0.5) is 11.6 Å². The van der Waals surface area contributed by atoms with Crippen LogP contribution in [-0.2, 0) is 6.42 Å². The molecule has 2 rings (SSSR count). The molecule has 170 valence electrons. The van der Waals surface area contributed by atoms with E-state index in [0.717, 1.165) is 48.5 Å². The minimum Gasteiger partial charge on any atom is -0.378 e. The Bertz CT molecular complexity index is 825. The molecule has 1 N–H and O–H groups in total. The number of hydrogen-bond acceptors (Lipinski definition) is 8. The molecule has 1 aliphatic rings. The van der Waals surface area contributed by atoms with Crippen LogP contribution >= 0.6 is 0 Å². The maximum atomic E-state index is 4.82. The summed E-state index contributed by atoms with van der Waals surface area (Å²) in [5.74, 6) is 3.54. The summed E-state index contributed by atoms with van der Waals surface area (Å²) in [6.45, 7) is 7.82. The van der Waals surface area contributed by atoms with Crippen molar-refractivity contribution in [3.63, 3.8) is 0 Å². The Balaban J connectivity index is 2.26. The normalized spacial score (nSPS) is 16.5. The molecule has 8 heteroatoms. The van der Waals surface area contributed by atoms with E-state index in [1.54, 1.807) is 0 Å². The quantitative estimate of drug-likeness (QED) is 0.576. The summed E-state index contributed by atoms with van der Waals surface area (Å²) in [6, 6.07) is 2.38. The zero-order valence-corrected chi connectivity index (χ0v) is 20.1. The third-order valence-electron chi connectivity index (χ3n) is 5.08. The van der Waals surface area contributed by atoms with E-state index in [9.17, 15) is 0 Å². The van der Waals surface area contributed by atoms with Crippen molar-refractivity contribution in [1.29, 1.82) is 0 Å². The van der Waals surface area contributed by atoms with Crippen LogP contribution in [0, 0.1) is 0 Å². The van der Waals surface area contributed by atoms with E-state index < -0.39 is 0 Å². The van der Waals surface area contributed by atoms with E-state index in [1.165, 1.54) is 0 Å². The van der Waals surface area contributed by atoms with Crippen molar-refractivity contribution in [2.75, 3.05) is 65.2 Å². The van der Waals surface area contributed by atoms with Gasteiger partial charge in [-0.1, -0.05) is 18.7 Å². The van der Waals surface area contributed by atoms with Gasteiger partial charge in [-0.05, 0) is 33.2 Å². The molecule has 2 heterocycles. The van der Waals surface area contributed by atoms with Crippen LogP contribution in [0.5, 0.6) is 0 Å². The lowest BCUT2D eigenvalue weighted by Gasteiger charge is -2.24. The first-order valence-electron chi connectivity index (χ1n) is 10.7. The van der Waals surface area contributed by atoms with Crippen molar-refractivity contribution in [2.24, 2.45) is 5.10 Å². The Morgan fingerprint density at radius 1 is 1.13 bits per heavy atom. The fourth-order valence-electron chi connectivity index (χ4n) is 3.03. The molecule has 1 aromatic rings. The van der Waals surface area contributed by atoms with Gasteiger partial charge in [-0.15, -0.1) is 0 Å². The number of allylic oxidation sites excluding steroid dienone is 4. The minimum absolute atomic E-state index is 0.339. The lowest BCUT2D eigenvalue weighted by molar-refractivity contribution is 0.416. The van der Waals surface area contributed by atoms with Gasteiger partial charge in [0.2, 0.25) is 0 Å². The van der Waals surface area contributed by atoms with E-state index >= 15 is 0 Å². The second kappa shape index (κ2) is 11.5. The number of anilines is 2. The summed E-state index contributed by atoms with van der Waals surface area (Å²) >= 11 is 0. The maximum Gasteiger partial charge on any atom is 0.139 e. The first-order valence-corrected chi connectivity index (χ1v) is 10.7. The monoisotopic (exact) mass is 426 g/mol. The van der Waals surface area contributed by atoms with Crippen LogP contribution in [0.1, 0.15) is 19.2 Å². The molecular weight excluding hydrogens is 388 g/mol. The third kappa shape index (κ3) is 7.40. The predicted octanol–water partition coefficient (Wildman–Crippen LogP) is 2.34. The molecule has 0 aliphatic carbocycles. The molecule has 0 fully saturated rings. The molecule has 0 saturated heterocycles. The van der Waals surface area contributed by atoms with Gasteiger partial charge in [0.15, 0.2) is 0 Å². The first kappa shape index (κ1) is 24.4. The molecule has 0 saturated carbocycles. The molecule has 0 radical (unpaired) electrons. The highest BCUT2D eigenvalue weighted by molar-refractivity contribution is 5.97. The van der Waals surface area contributed by atoms with E-state index in [4.69, 9.17) is 9.97 Å². The summed E-state index contributed by atoms with van der Waals surface area (Å²) < 4.78 is 0. The molecule has 0 aromatic carbocycles. The summed E-state index contributed by atoms with van der Waals surface area (Å²) in [5, 5.41) is 4.45. The van der Waals surface area contributed by atoms with E-state index in [2.05, 4.69) is 65.9 Å². The van der Waals surface area contributed by atoms with Gasteiger partial charge >= 0.3 is 0 Å². The Kier molecular flexibility index (Phi) is 9.05. The first-order chi connectivity index (χ1) is 14.7. The van der Waals surface area contributed by atoms with Crippen LogP contribution in [0.2, 0.25) is 0 Å². The van der Waals surface area contributed by atoms with Gasteiger partial charge in [0.25, 0.3) is 0 Å². The zero-order valence-electron chi connectivity index (χ0n) is 20.1. The average molecular weight is 427 g/mol. The average Bonchev–Trinajstić information content (AvgIpc) is 3.17. The van der Waals surface area contributed by atoms with Crippen LogP contribution in [0.3, 0.4) is 0 Å². The smallest absolute Gasteiger partial charge is 0.139 e. The zero-order chi connectivity index (χ0) is 23.0. The van der Waals surface area contributed by atoms with E-state index in [0.29, 0.717) is 12.5 Å². The number of aromatic nitrogens is 2. The number of likely N-dealkylation sites (N-methyl/N-ethyl adjacent to an activating group) is 3. The molecule has 1 unspecified atom stereocenters. The van der Waals surface area contributed by atoms with Gasteiger partial charge in [-0.25, -0.2) is 9.97 Å². The summed E-state index contributed by atoms with van der Waals surface area (Å²) in [5.41, 5.74) is 4.18. The Morgan fingerprint density at radius 3 is 2.42 bits per heavy atom. The number of rotatable bonds is 10. The highest BCUT2D eigenvalue weighted by atomic mass is 15.4. The van der Waals surface area contributed by atoms with Gasteiger partial charge in [0.05, 0.1) is 0 Å². The van der Waals surface area contributed by atoms with E-state index in [-0.39, 0.29) is 0 Å². The van der Waals surface area contributed by atoms with Crippen molar-refractivity contribution in [1.82, 2.24) is 25.2 Å². The van der Waals surface area contributed by atoms with Gasteiger partial charge < -0.3 is 25.0 Å². The molecule has 0 bridgehead atoms. The van der Waals surface area contributed by atoms with Crippen LogP contribution in [0.25, 0.3) is 0 Å². The van der Waals surface area contributed by atoms with Crippen molar-refractivity contribution in [2.45, 2.75) is 25.8 Å². The fourth-order valence-corrected chi connectivity index (χ4v) is 3.03. The molecule has 8 nitrogen and oxygen atoms in total. The van der Waals surface area contributed by atoms with Crippen molar-refractivity contribution in [3.05, 3.63) is 48.5 Å². The second-order valence-corrected chi connectivity index (χ2v) is 8.37. The lowest BCUT2D eigenvalue weighted by atomic mass is 10.2. The number of hydrazone groups is 1. The van der Waals surface area contributed by atoms with E-state index in [1.807, 2.05) is 50.3 Å². The Morgan fingerprint density at radius 2 is 1.84 bits per heavy atom. The SMILES string of the molecule is C=C/C(=C\C=C/Cc1nc(N(C)CCN(C)C)cc(N(C)C2=NNC(C)C2)n1)N(C)C. The summed E-state index contributed by atoms with van der Waals surface area (Å²) in [7, 11) is 12.2. The Hall–Kier alpha value is -2.87. The summed E-state index contributed by atoms with van der Waals surface area (Å²) in [4.78, 5) is 18.1. The van der Waals surface area contributed by atoms with Gasteiger partial charge in [-0.2, -0.15) is 5.10 Å². The predicted molar refractivity (Wildman–Crippen MR) is 132 cm³/mol. The molecule has 0 amide bonds. The highest BCUT2D eigenvalue weighted by Crippen LogP contribution is 2.20. The number of nitrogens with one attached hydrogen (secondary N) is 1. The van der Waals surface area contributed by atoms with Gasteiger partial charge in [-0.3, -0.25) is 0 Å². The van der Waals surface area contributed by atoms with Crippen molar-refractivity contribution >= 4 is 17.5 Å². The molecule has 1 aromatic heterocycles. The minimum atomic E-state index is 0.339. The fraction of sp³-hybridized carbons (Fsp3) is 0.522. The number of hydrogen-bond donors (Lipinski definition) is 1. The largest absolute Gasteiger partial charge is 0.378 e. The molecule has 1 aliphatic heterocycles. The summed E-state index contributed by atoms with van der Waals surface area (Å²) in [6.07, 6.45) is 9.50. The molecular formula is C23H38N8. The highest BCUT2D eigenvalue weighted by Gasteiger charge is 2.20. The van der Waals surface area contributed by atoms with Crippen LogP contribution < -0.4 is 15.2 Å². The van der Waals surface area contributed by atoms with Crippen molar-refractivity contribution in [3.8, 4) is 0 Å². The number of amidine groups is 1. The van der Waals surface area contributed by atoms with Gasteiger partial charge in [0.1, 0.15) is 23.3 Å². The lowest BCUT2D eigenvalue weighted by Crippen LogP contribution is -2.31. The maximum absolute atomic E-state index is 4.82. The van der Waals surface area contributed by atoms with Crippen LogP contribution in [0.15, 0.2) is 47.7 Å². The molecule has 0 spiro atoms. The van der Waals surface area contributed by atoms with Crippen LogP contribution in [-0.4, -0.2) is 87.0 Å². The molecule has 1 atom stereocenters. The third-order valence-corrected chi connectivity index (χ3v) is 5.08. The number of nitrogens with zero attached hydrogens (tertiary/aromatic N) is 7.